The van der Waals surface area contributed by atoms with Gasteiger partial charge in [0.2, 0.25) is 10.0 Å². The molecule has 0 unspecified atom stereocenters. The van der Waals surface area contributed by atoms with Crippen molar-refractivity contribution in [1.82, 2.24) is 4.72 Å². The van der Waals surface area contributed by atoms with Crippen molar-refractivity contribution in [2.45, 2.75) is 44.7 Å². The molecular formula is C15H20F3NO4S. The molecule has 0 bridgehead atoms. The fourth-order valence-electron chi connectivity index (χ4n) is 2.55. The van der Waals surface area contributed by atoms with Crippen molar-refractivity contribution in [3.63, 3.8) is 0 Å². The van der Waals surface area contributed by atoms with E-state index in [1.165, 1.54) is 0 Å². The van der Waals surface area contributed by atoms with E-state index in [9.17, 15) is 26.4 Å². The molecule has 0 saturated heterocycles. The summed E-state index contributed by atoms with van der Waals surface area (Å²) in [6.07, 6.45) is -6.06. The van der Waals surface area contributed by atoms with Gasteiger partial charge in [-0.15, -0.1) is 0 Å². The molecule has 1 atom stereocenters. The molecule has 0 heterocycles. The minimum atomic E-state index is -4.69. The second-order valence-corrected chi connectivity index (χ2v) is 7.45. The topological polar surface area (TPSA) is 83.5 Å². The van der Waals surface area contributed by atoms with Crippen LogP contribution < -0.4 is 4.72 Å². The number of carboxylic acid groups (broad SMARTS) is 1. The van der Waals surface area contributed by atoms with E-state index in [1.54, 1.807) is 32.9 Å². The number of sulfonamides is 1. The fourth-order valence-corrected chi connectivity index (χ4v) is 4.08. The van der Waals surface area contributed by atoms with Crippen LogP contribution in [0.1, 0.15) is 29.5 Å². The van der Waals surface area contributed by atoms with Crippen LogP contribution in [0.15, 0.2) is 17.0 Å². The highest BCUT2D eigenvalue weighted by molar-refractivity contribution is 7.89. The Morgan fingerprint density at radius 1 is 1.21 bits per heavy atom. The van der Waals surface area contributed by atoms with Gasteiger partial charge in [0.15, 0.2) is 0 Å². The van der Waals surface area contributed by atoms with Gasteiger partial charge in [-0.1, -0.05) is 17.7 Å². The van der Waals surface area contributed by atoms with Gasteiger partial charge >= 0.3 is 12.1 Å². The zero-order valence-electron chi connectivity index (χ0n) is 13.6. The molecule has 24 heavy (non-hydrogen) atoms. The highest BCUT2D eigenvalue weighted by atomic mass is 32.2. The lowest BCUT2D eigenvalue weighted by atomic mass is 10.0. The van der Waals surface area contributed by atoms with Crippen molar-refractivity contribution < 1.29 is 31.5 Å². The fraction of sp³-hybridized carbons (Fsp3) is 0.533. The Balaban J connectivity index is 2.99. The first-order chi connectivity index (χ1) is 10.8. The smallest absolute Gasteiger partial charge is 0.393 e. The number of halogens is 3. The molecule has 0 aliphatic heterocycles. The summed E-state index contributed by atoms with van der Waals surface area (Å²) in [5.74, 6) is -3.42. The minimum absolute atomic E-state index is 0.0488. The first-order valence-electron chi connectivity index (χ1n) is 7.20. The van der Waals surface area contributed by atoms with E-state index in [4.69, 9.17) is 5.11 Å². The molecule has 0 aromatic heterocycles. The van der Waals surface area contributed by atoms with Crippen LogP contribution in [-0.2, 0) is 14.8 Å². The Morgan fingerprint density at radius 3 is 2.12 bits per heavy atom. The maximum absolute atomic E-state index is 12.9. The lowest BCUT2D eigenvalue weighted by Crippen LogP contribution is -2.37. The molecule has 9 heteroatoms. The zero-order valence-corrected chi connectivity index (χ0v) is 14.4. The third-order valence-electron chi connectivity index (χ3n) is 3.56. The molecule has 1 aromatic carbocycles. The van der Waals surface area contributed by atoms with E-state index in [0.717, 1.165) is 5.56 Å². The van der Waals surface area contributed by atoms with E-state index in [0.29, 0.717) is 11.1 Å². The number of hydrogen-bond acceptors (Lipinski definition) is 3. The number of carboxylic acids is 1. The first-order valence-corrected chi connectivity index (χ1v) is 8.69. The van der Waals surface area contributed by atoms with Crippen molar-refractivity contribution in [3.8, 4) is 0 Å². The molecule has 5 nitrogen and oxygen atoms in total. The largest absolute Gasteiger partial charge is 0.481 e. The molecule has 0 spiro atoms. The van der Waals surface area contributed by atoms with Gasteiger partial charge in [0.25, 0.3) is 0 Å². The van der Waals surface area contributed by atoms with Crippen LogP contribution in [-0.4, -0.2) is 32.2 Å². The van der Waals surface area contributed by atoms with Crippen molar-refractivity contribution in [2.75, 3.05) is 6.54 Å². The van der Waals surface area contributed by atoms with Gasteiger partial charge in [-0.3, -0.25) is 4.79 Å². The molecule has 0 amide bonds. The lowest BCUT2D eigenvalue weighted by Gasteiger charge is -2.21. The molecule has 0 aliphatic rings. The first kappa shape index (κ1) is 20.4. The van der Waals surface area contributed by atoms with Gasteiger partial charge < -0.3 is 5.11 Å². The summed E-state index contributed by atoms with van der Waals surface area (Å²) < 4.78 is 65.5. The Morgan fingerprint density at radius 2 is 1.71 bits per heavy atom. The summed E-state index contributed by atoms with van der Waals surface area (Å²) in [7, 11) is -4.13. The second-order valence-electron chi connectivity index (χ2n) is 5.75. The number of benzene rings is 1. The van der Waals surface area contributed by atoms with Crippen LogP contribution in [0.3, 0.4) is 0 Å². The van der Waals surface area contributed by atoms with Gasteiger partial charge in [0.05, 0.1) is 10.8 Å². The quantitative estimate of drug-likeness (QED) is 0.776. The molecule has 2 N–H and O–H groups in total. The summed E-state index contributed by atoms with van der Waals surface area (Å²) in [5.41, 5.74) is 1.72. The number of aliphatic carboxylic acids is 1. The zero-order chi connectivity index (χ0) is 18.7. The van der Waals surface area contributed by atoms with Crippen molar-refractivity contribution in [2.24, 2.45) is 5.92 Å². The number of aryl methyl sites for hydroxylation is 3. The monoisotopic (exact) mass is 367 g/mol. The van der Waals surface area contributed by atoms with Gasteiger partial charge in [-0.2, -0.15) is 13.2 Å². The standard InChI is InChI=1S/C15H20F3NO4S/c1-9-6-10(2)14(11(3)7-9)24(22,23)19-8-12(15(16,17)18)4-5-13(20)21/h6-7,12,19H,4-5,8H2,1-3H3,(H,20,21)/t12-/m0/s1. The van der Waals surface area contributed by atoms with Crippen molar-refractivity contribution >= 4 is 16.0 Å². The van der Waals surface area contributed by atoms with Crippen molar-refractivity contribution in [1.29, 1.82) is 0 Å². The predicted octanol–water partition coefficient (Wildman–Crippen LogP) is 2.93. The van der Waals surface area contributed by atoms with Gasteiger partial charge in [0.1, 0.15) is 0 Å². The summed E-state index contributed by atoms with van der Waals surface area (Å²) in [5, 5.41) is 8.53. The highest BCUT2D eigenvalue weighted by Crippen LogP contribution is 2.30. The van der Waals surface area contributed by atoms with Crippen LogP contribution in [0.2, 0.25) is 0 Å². The van der Waals surface area contributed by atoms with E-state index in [-0.39, 0.29) is 4.90 Å². The summed E-state index contributed by atoms with van der Waals surface area (Å²) >= 11 is 0. The van der Waals surface area contributed by atoms with Gasteiger partial charge in [-0.25, -0.2) is 13.1 Å². The molecule has 0 radical (unpaired) electrons. The maximum Gasteiger partial charge on any atom is 0.393 e. The Hall–Kier alpha value is -1.61. The summed E-state index contributed by atoms with van der Waals surface area (Å²) in [6, 6.07) is 3.26. The van der Waals surface area contributed by atoms with Crippen LogP contribution in [0.5, 0.6) is 0 Å². The van der Waals surface area contributed by atoms with E-state index >= 15 is 0 Å². The molecular weight excluding hydrogens is 347 g/mol. The summed E-state index contributed by atoms with van der Waals surface area (Å²) in [6.45, 7) is 4.03. The average molecular weight is 367 g/mol. The highest BCUT2D eigenvalue weighted by Gasteiger charge is 2.40. The third-order valence-corrected chi connectivity index (χ3v) is 5.29. The maximum atomic E-state index is 12.9. The van der Waals surface area contributed by atoms with E-state index in [2.05, 4.69) is 0 Å². The van der Waals surface area contributed by atoms with Crippen LogP contribution in [0.4, 0.5) is 13.2 Å². The average Bonchev–Trinajstić information content (AvgIpc) is 2.34. The van der Waals surface area contributed by atoms with E-state index in [1.807, 2.05) is 4.72 Å². The van der Waals surface area contributed by atoms with Crippen LogP contribution in [0.25, 0.3) is 0 Å². The molecule has 0 saturated carbocycles. The second kappa shape index (κ2) is 7.52. The predicted molar refractivity (Wildman–Crippen MR) is 82.3 cm³/mol. The number of alkyl halides is 3. The number of rotatable bonds is 7. The van der Waals surface area contributed by atoms with E-state index < -0.39 is 47.5 Å². The summed E-state index contributed by atoms with van der Waals surface area (Å²) in [4.78, 5) is 10.4. The van der Waals surface area contributed by atoms with Gasteiger partial charge in [-0.05, 0) is 38.3 Å². The SMILES string of the molecule is Cc1cc(C)c(S(=O)(=O)NC[C@H](CCC(=O)O)C(F)(F)F)c(C)c1. The minimum Gasteiger partial charge on any atom is -0.481 e. The van der Waals surface area contributed by atoms with Crippen LogP contribution >= 0.6 is 0 Å². The van der Waals surface area contributed by atoms with Crippen LogP contribution in [0, 0.1) is 26.7 Å². The molecule has 0 aliphatic carbocycles. The number of nitrogens with one attached hydrogen (secondary N) is 1. The number of carbonyl (C=O) groups is 1. The Labute approximate surface area is 138 Å². The Bertz CT molecular complexity index is 691. The van der Waals surface area contributed by atoms with Crippen molar-refractivity contribution in [3.05, 3.63) is 28.8 Å². The molecule has 1 rings (SSSR count). The lowest BCUT2D eigenvalue weighted by molar-refractivity contribution is -0.175. The molecule has 1 aromatic rings. The number of hydrogen-bond donors (Lipinski definition) is 2. The third kappa shape index (κ3) is 5.48. The van der Waals surface area contributed by atoms with Gasteiger partial charge in [0, 0.05) is 13.0 Å². The molecule has 0 fully saturated rings. The molecule has 136 valence electrons. The normalized spacial score (nSPS) is 13.8. The Kier molecular flexibility index (Phi) is 6.40.